The Morgan fingerprint density at radius 3 is 2.46 bits per heavy atom. The number of methoxy groups -OCH3 is 3. The maximum Gasteiger partial charge on any atom is 0.164 e. The number of fused-ring (bicyclic) bond motifs is 3. The molecule has 4 rings (SSSR count). The van der Waals surface area contributed by atoms with Gasteiger partial charge in [0, 0.05) is 23.4 Å². The average Bonchev–Trinajstić information content (AvgIpc) is 3.05. The summed E-state index contributed by atoms with van der Waals surface area (Å²) in [6.45, 7) is 2.98. The van der Waals surface area contributed by atoms with E-state index >= 15 is 0 Å². The average molecular weight is 353 g/mol. The Morgan fingerprint density at radius 2 is 1.69 bits per heavy atom. The molecule has 2 N–H and O–H groups in total. The molecule has 136 valence electrons. The quantitative estimate of drug-likeness (QED) is 0.740. The van der Waals surface area contributed by atoms with Crippen molar-refractivity contribution in [3.63, 3.8) is 0 Å². The summed E-state index contributed by atoms with van der Waals surface area (Å²) in [5.41, 5.74) is 5.21. The molecule has 2 aromatic carbocycles. The third-order valence-electron chi connectivity index (χ3n) is 5.28. The highest BCUT2D eigenvalue weighted by Gasteiger charge is 2.25. The monoisotopic (exact) mass is 353 g/mol. The van der Waals surface area contributed by atoms with Crippen molar-refractivity contribution in [3.05, 3.63) is 53.2 Å². The minimum atomic E-state index is 0.694. The van der Waals surface area contributed by atoms with Gasteiger partial charge in [-0.15, -0.1) is 0 Å². The van der Waals surface area contributed by atoms with Crippen LogP contribution in [0.5, 0.6) is 17.2 Å². The molecule has 3 aromatic rings. The van der Waals surface area contributed by atoms with Crippen LogP contribution in [0.3, 0.4) is 0 Å². The first kappa shape index (κ1) is 16.8. The Hall–Kier alpha value is -2.66. The van der Waals surface area contributed by atoms with Crippen LogP contribution in [0.25, 0.3) is 10.9 Å². The summed E-state index contributed by atoms with van der Waals surface area (Å²) in [6, 6.07) is 12.5. The normalized spacial score (nSPS) is 16.3. The van der Waals surface area contributed by atoms with Crippen LogP contribution in [0, 0.1) is 0 Å². The summed E-state index contributed by atoms with van der Waals surface area (Å²) in [6.07, 6.45) is 1.09. The summed E-state index contributed by atoms with van der Waals surface area (Å²) in [5.74, 6) is 2.28. The van der Waals surface area contributed by atoms with Gasteiger partial charge in [-0.05, 0) is 17.7 Å². The van der Waals surface area contributed by atoms with Crippen molar-refractivity contribution in [2.45, 2.75) is 19.5 Å². The van der Waals surface area contributed by atoms with Gasteiger partial charge in [-0.2, -0.15) is 0 Å². The van der Waals surface area contributed by atoms with Gasteiger partial charge in [-0.25, -0.2) is 0 Å². The van der Waals surface area contributed by atoms with Gasteiger partial charge in [0.2, 0.25) is 0 Å². The zero-order valence-electron chi connectivity index (χ0n) is 15.5. The largest absolute Gasteiger partial charge is 0.496 e. The molecule has 0 fully saturated rings. The minimum Gasteiger partial charge on any atom is -0.496 e. The van der Waals surface area contributed by atoms with Crippen molar-refractivity contribution in [1.82, 2.24) is 4.98 Å². The Balaban J connectivity index is 1.60. The van der Waals surface area contributed by atoms with E-state index in [0.717, 1.165) is 43.1 Å². The van der Waals surface area contributed by atoms with Gasteiger partial charge in [0.05, 0.1) is 39.1 Å². The fraction of sp³-hybridized carbons (Fsp3) is 0.333. The van der Waals surface area contributed by atoms with Crippen LogP contribution >= 0.6 is 0 Å². The van der Waals surface area contributed by atoms with Crippen LogP contribution < -0.4 is 19.1 Å². The predicted octanol–water partition coefficient (Wildman–Crippen LogP) is 2.33. The number of quaternary nitrogens is 1. The first-order valence-electron chi connectivity index (χ1n) is 8.94. The molecule has 0 saturated heterocycles. The Morgan fingerprint density at radius 1 is 0.962 bits per heavy atom. The third kappa shape index (κ3) is 2.88. The van der Waals surface area contributed by atoms with Gasteiger partial charge in [0.25, 0.3) is 0 Å². The summed E-state index contributed by atoms with van der Waals surface area (Å²) >= 11 is 0. The molecule has 2 heterocycles. The van der Waals surface area contributed by atoms with Crippen molar-refractivity contribution < 1.29 is 19.1 Å². The molecule has 0 amide bonds. The Kier molecular flexibility index (Phi) is 4.47. The number of aromatic amines is 1. The lowest BCUT2D eigenvalue weighted by Crippen LogP contribution is -3.10. The third-order valence-corrected chi connectivity index (χ3v) is 5.28. The van der Waals surface area contributed by atoms with Crippen LogP contribution in [0.1, 0.15) is 16.8 Å². The van der Waals surface area contributed by atoms with Crippen molar-refractivity contribution in [1.29, 1.82) is 0 Å². The lowest BCUT2D eigenvalue weighted by atomic mass is 10.0. The molecule has 26 heavy (non-hydrogen) atoms. The number of nitrogens with one attached hydrogen (secondary N) is 2. The topological polar surface area (TPSA) is 47.9 Å². The van der Waals surface area contributed by atoms with Crippen molar-refractivity contribution in [2.24, 2.45) is 0 Å². The van der Waals surface area contributed by atoms with Gasteiger partial charge in [-0.3, -0.25) is 0 Å². The first-order chi connectivity index (χ1) is 12.7. The molecule has 0 bridgehead atoms. The second-order valence-corrected chi connectivity index (χ2v) is 6.75. The molecule has 1 atom stereocenters. The second-order valence-electron chi connectivity index (χ2n) is 6.75. The molecule has 1 aliphatic heterocycles. The van der Waals surface area contributed by atoms with Gasteiger partial charge >= 0.3 is 0 Å². The highest BCUT2D eigenvalue weighted by molar-refractivity contribution is 5.84. The predicted molar refractivity (Wildman–Crippen MR) is 101 cm³/mol. The number of hydrogen-bond acceptors (Lipinski definition) is 3. The highest BCUT2D eigenvalue weighted by atomic mass is 16.5. The van der Waals surface area contributed by atoms with E-state index in [1.165, 1.54) is 27.1 Å². The summed E-state index contributed by atoms with van der Waals surface area (Å²) in [4.78, 5) is 5.11. The van der Waals surface area contributed by atoms with Crippen LogP contribution in [-0.4, -0.2) is 32.9 Å². The zero-order valence-corrected chi connectivity index (χ0v) is 15.5. The van der Waals surface area contributed by atoms with E-state index in [1.807, 2.05) is 12.1 Å². The van der Waals surface area contributed by atoms with E-state index in [-0.39, 0.29) is 0 Å². The van der Waals surface area contributed by atoms with Crippen molar-refractivity contribution >= 4 is 10.9 Å². The first-order valence-corrected chi connectivity index (χ1v) is 8.94. The van der Waals surface area contributed by atoms with Crippen LogP contribution in [0.2, 0.25) is 0 Å². The van der Waals surface area contributed by atoms with E-state index in [0.29, 0.717) is 5.75 Å². The molecule has 0 aliphatic carbocycles. The fourth-order valence-electron chi connectivity index (χ4n) is 3.98. The van der Waals surface area contributed by atoms with Crippen molar-refractivity contribution in [2.75, 3.05) is 27.9 Å². The van der Waals surface area contributed by atoms with E-state index < -0.39 is 0 Å². The van der Waals surface area contributed by atoms with Crippen LogP contribution in [-0.2, 0) is 19.5 Å². The Bertz CT molecular complexity index is 932. The fourth-order valence-corrected chi connectivity index (χ4v) is 3.98. The number of ether oxygens (including phenoxy) is 3. The number of H-pyrrole nitrogens is 1. The highest BCUT2D eigenvalue weighted by Crippen LogP contribution is 2.34. The lowest BCUT2D eigenvalue weighted by Gasteiger charge is -2.25. The van der Waals surface area contributed by atoms with Gasteiger partial charge in [-0.1, -0.05) is 18.2 Å². The summed E-state index contributed by atoms with van der Waals surface area (Å²) in [7, 11) is 5.01. The van der Waals surface area contributed by atoms with Gasteiger partial charge in [0.15, 0.2) is 11.5 Å². The molecule has 5 nitrogen and oxygen atoms in total. The molecule has 5 heteroatoms. The number of hydrogen-bond donors (Lipinski definition) is 2. The molecular formula is C21H25N2O3+. The minimum absolute atomic E-state index is 0.694. The standard InChI is InChI=1S/C21H24N2O3/c1-24-19-11-21(26-3)20(25-2)10-14(19)12-23-9-8-16-15-6-4-5-7-17(15)22-18(16)13-23/h4-7,10-11,22H,8-9,12-13H2,1-3H3/p+1. The number of para-hydroxylation sites is 1. The Labute approximate surface area is 153 Å². The maximum absolute atomic E-state index is 5.59. The lowest BCUT2D eigenvalue weighted by molar-refractivity contribution is -0.929. The number of rotatable bonds is 5. The van der Waals surface area contributed by atoms with Crippen LogP contribution in [0.15, 0.2) is 36.4 Å². The van der Waals surface area contributed by atoms with E-state index in [1.54, 1.807) is 21.3 Å². The molecular weight excluding hydrogens is 328 g/mol. The van der Waals surface area contributed by atoms with Gasteiger partial charge in [0.1, 0.15) is 18.8 Å². The molecule has 0 radical (unpaired) electrons. The second kappa shape index (κ2) is 6.92. The molecule has 1 unspecified atom stereocenters. The molecule has 0 saturated carbocycles. The maximum atomic E-state index is 5.59. The zero-order chi connectivity index (χ0) is 18.1. The summed E-state index contributed by atoms with van der Waals surface area (Å²) in [5, 5.41) is 1.37. The van der Waals surface area contributed by atoms with Crippen LogP contribution in [0.4, 0.5) is 0 Å². The van der Waals surface area contributed by atoms with E-state index in [2.05, 4.69) is 29.2 Å². The number of benzene rings is 2. The molecule has 1 aromatic heterocycles. The molecule has 0 spiro atoms. The van der Waals surface area contributed by atoms with Crippen molar-refractivity contribution in [3.8, 4) is 17.2 Å². The van der Waals surface area contributed by atoms with Gasteiger partial charge < -0.3 is 24.1 Å². The SMILES string of the molecule is COc1cc(OC)c(OC)cc1C[NH+]1CCc2c([nH]c3ccccc23)C1. The summed E-state index contributed by atoms with van der Waals surface area (Å²) < 4.78 is 16.4. The molecule has 1 aliphatic rings. The smallest absolute Gasteiger partial charge is 0.164 e. The van der Waals surface area contributed by atoms with E-state index in [9.17, 15) is 0 Å². The number of aromatic nitrogens is 1. The van der Waals surface area contributed by atoms with E-state index in [4.69, 9.17) is 14.2 Å².